The topological polar surface area (TPSA) is 20.1 Å². The van der Waals surface area contributed by atoms with Crippen LogP contribution in [0.5, 0.6) is 0 Å². The van der Waals surface area contributed by atoms with E-state index in [9.17, 15) is 17.7 Å². The summed E-state index contributed by atoms with van der Waals surface area (Å²) < 4.78 is 56.2. The molecule has 1 heterocycles. The predicted octanol–water partition coefficient (Wildman–Crippen LogP) is 6.79. The SMILES string of the molecule is C[Si](C)(C)/C=C/[C@@H]1[C@@H](c2ccc(C(F)(F)F)cc2)N1P(=O)(c1ccccc1)c1ccccc1. The van der Waals surface area contributed by atoms with Crippen LogP contribution in [-0.2, 0) is 10.7 Å². The van der Waals surface area contributed by atoms with Crippen molar-refractivity contribution in [2.45, 2.75) is 37.9 Å². The van der Waals surface area contributed by atoms with Gasteiger partial charge in [0.25, 0.3) is 0 Å². The Labute approximate surface area is 194 Å². The lowest BCUT2D eigenvalue weighted by Gasteiger charge is -2.22. The van der Waals surface area contributed by atoms with Gasteiger partial charge < -0.3 is 0 Å². The van der Waals surface area contributed by atoms with Gasteiger partial charge in [0.05, 0.1) is 25.7 Å². The van der Waals surface area contributed by atoms with Gasteiger partial charge in [-0.3, -0.25) is 4.57 Å². The van der Waals surface area contributed by atoms with E-state index in [4.69, 9.17) is 0 Å². The largest absolute Gasteiger partial charge is 0.416 e. The van der Waals surface area contributed by atoms with E-state index in [2.05, 4.69) is 31.4 Å². The van der Waals surface area contributed by atoms with E-state index >= 15 is 0 Å². The zero-order chi connectivity index (χ0) is 23.9. The molecule has 1 aliphatic rings. The molecule has 1 aliphatic heterocycles. The van der Waals surface area contributed by atoms with Gasteiger partial charge in [0.1, 0.15) is 0 Å². The minimum absolute atomic E-state index is 0.153. The van der Waals surface area contributed by atoms with Crippen LogP contribution in [0.2, 0.25) is 19.6 Å². The van der Waals surface area contributed by atoms with E-state index in [-0.39, 0.29) is 12.1 Å². The molecule has 3 atom stereocenters. The molecule has 1 fully saturated rings. The van der Waals surface area contributed by atoms with Gasteiger partial charge in [0.2, 0.25) is 7.29 Å². The molecule has 1 unspecified atom stereocenters. The number of hydrogen-bond acceptors (Lipinski definition) is 1. The van der Waals surface area contributed by atoms with Crippen molar-refractivity contribution in [3.05, 3.63) is 108 Å². The number of rotatable bonds is 6. The molecular weight excluding hydrogens is 458 g/mol. The number of hydrogen-bond donors (Lipinski definition) is 0. The summed E-state index contributed by atoms with van der Waals surface area (Å²) in [5, 5.41) is 1.44. The highest BCUT2D eigenvalue weighted by molar-refractivity contribution is 7.76. The first-order valence-electron chi connectivity index (χ1n) is 10.9. The molecule has 3 aromatic carbocycles. The lowest BCUT2D eigenvalue weighted by atomic mass is 10.1. The monoisotopic (exact) mass is 485 g/mol. The number of alkyl halides is 3. The molecule has 1 saturated heterocycles. The summed E-state index contributed by atoms with van der Waals surface area (Å²) in [7, 11) is -4.75. The van der Waals surface area contributed by atoms with Gasteiger partial charge in [-0.25, -0.2) is 4.67 Å². The van der Waals surface area contributed by atoms with Gasteiger partial charge in [-0.15, -0.1) is 0 Å². The second-order valence-electron chi connectivity index (χ2n) is 9.41. The fraction of sp³-hybridized carbons (Fsp3) is 0.231. The Morgan fingerprint density at radius 3 is 1.73 bits per heavy atom. The summed E-state index contributed by atoms with van der Waals surface area (Å²) in [6, 6.07) is 23.6. The molecule has 2 nitrogen and oxygen atoms in total. The van der Waals surface area contributed by atoms with Gasteiger partial charge in [0, 0.05) is 10.6 Å². The first-order chi connectivity index (χ1) is 15.5. The highest BCUT2D eigenvalue weighted by atomic mass is 31.2. The fourth-order valence-electron chi connectivity index (χ4n) is 4.08. The van der Waals surface area contributed by atoms with Gasteiger partial charge in [-0.2, -0.15) is 13.2 Å². The van der Waals surface area contributed by atoms with Crippen molar-refractivity contribution in [3.63, 3.8) is 0 Å². The third-order valence-corrected chi connectivity index (χ3v) is 10.1. The second kappa shape index (κ2) is 8.75. The van der Waals surface area contributed by atoms with Crippen molar-refractivity contribution in [1.29, 1.82) is 0 Å². The second-order valence-corrected chi connectivity index (χ2v) is 17.1. The highest BCUT2D eigenvalue weighted by Gasteiger charge is 2.57. The molecule has 0 amide bonds. The molecule has 0 aromatic heterocycles. The standard InChI is InChI=1S/C26H27F3NOPSi/c1-33(2,3)19-18-24-25(20-14-16-21(17-15-20)26(27,28)29)30(24)32(31,22-10-6-4-7-11-22)23-12-8-5-9-13-23/h4-19,24-25H,1-3H3/b19-18+/t24-,25-,30?/m1/s1. The lowest BCUT2D eigenvalue weighted by molar-refractivity contribution is -0.137. The summed E-state index contributed by atoms with van der Waals surface area (Å²) >= 11 is 0. The molecule has 4 rings (SSSR count). The maximum absolute atomic E-state index is 14.8. The third-order valence-electron chi connectivity index (χ3n) is 5.73. The first kappa shape index (κ1) is 23.7. The third kappa shape index (κ3) is 4.93. The Balaban J connectivity index is 1.82. The van der Waals surface area contributed by atoms with Crippen LogP contribution in [0.15, 0.2) is 96.7 Å². The first-order valence-corrected chi connectivity index (χ1v) is 16.1. The molecule has 172 valence electrons. The Morgan fingerprint density at radius 2 is 1.30 bits per heavy atom. The number of nitrogens with zero attached hydrogens (tertiary/aromatic N) is 1. The minimum atomic E-state index is -4.39. The van der Waals surface area contributed by atoms with Crippen molar-refractivity contribution >= 4 is 26.0 Å². The van der Waals surface area contributed by atoms with Crippen molar-refractivity contribution in [1.82, 2.24) is 4.67 Å². The normalized spacial score (nSPS) is 21.3. The van der Waals surface area contributed by atoms with Crippen molar-refractivity contribution < 1.29 is 17.7 Å². The van der Waals surface area contributed by atoms with Gasteiger partial charge in [0.15, 0.2) is 0 Å². The fourth-order valence-corrected chi connectivity index (χ4v) is 7.97. The van der Waals surface area contributed by atoms with E-state index < -0.39 is 27.1 Å². The molecule has 33 heavy (non-hydrogen) atoms. The zero-order valence-electron chi connectivity index (χ0n) is 18.8. The number of benzene rings is 3. The maximum Gasteiger partial charge on any atom is 0.416 e. The van der Waals surface area contributed by atoms with E-state index in [1.54, 1.807) is 0 Å². The molecule has 0 bridgehead atoms. The average molecular weight is 486 g/mol. The Morgan fingerprint density at radius 1 is 0.818 bits per heavy atom. The molecule has 0 spiro atoms. The molecule has 0 N–H and O–H groups in total. The van der Waals surface area contributed by atoms with Crippen LogP contribution in [0.25, 0.3) is 0 Å². The quantitative estimate of drug-likeness (QED) is 0.218. The van der Waals surface area contributed by atoms with Crippen LogP contribution in [0.4, 0.5) is 13.2 Å². The molecular formula is C26H27F3NOPSi. The van der Waals surface area contributed by atoms with E-state index in [1.165, 1.54) is 12.1 Å². The van der Waals surface area contributed by atoms with Crippen molar-refractivity contribution in [2.75, 3.05) is 0 Å². The van der Waals surface area contributed by atoms with Crippen LogP contribution in [0.1, 0.15) is 17.2 Å². The highest BCUT2D eigenvalue weighted by Crippen LogP contribution is 2.64. The van der Waals surface area contributed by atoms with Gasteiger partial charge >= 0.3 is 6.18 Å². The summed E-state index contributed by atoms with van der Waals surface area (Å²) in [5.74, 6) is 0. The zero-order valence-corrected chi connectivity index (χ0v) is 20.7. The van der Waals surface area contributed by atoms with Crippen LogP contribution in [-0.4, -0.2) is 18.8 Å². The van der Waals surface area contributed by atoms with Crippen molar-refractivity contribution in [3.8, 4) is 0 Å². The predicted molar refractivity (Wildman–Crippen MR) is 132 cm³/mol. The minimum Gasteiger partial charge on any atom is -0.296 e. The van der Waals surface area contributed by atoms with E-state index in [1.807, 2.05) is 65.3 Å². The number of halogens is 3. The summed E-state index contributed by atoms with van der Waals surface area (Å²) in [6.07, 6.45) is -2.28. The summed E-state index contributed by atoms with van der Waals surface area (Å²) in [4.78, 5) is 0. The molecule has 7 heteroatoms. The Kier molecular flexibility index (Phi) is 6.30. The lowest BCUT2D eigenvalue weighted by Crippen LogP contribution is -2.22. The van der Waals surface area contributed by atoms with Crippen LogP contribution in [0.3, 0.4) is 0 Å². The van der Waals surface area contributed by atoms with E-state index in [0.717, 1.165) is 28.3 Å². The van der Waals surface area contributed by atoms with Gasteiger partial charge in [-0.1, -0.05) is 79.9 Å². The summed E-state index contributed by atoms with van der Waals surface area (Å²) in [6.45, 7) is 6.66. The average Bonchev–Trinajstić information content (AvgIpc) is 3.52. The van der Waals surface area contributed by atoms with Crippen LogP contribution >= 0.6 is 7.29 Å². The Bertz CT molecular complexity index is 1130. The molecule has 0 radical (unpaired) electrons. The van der Waals surface area contributed by atoms with Gasteiger partial charge in [-0.05, 0) is 42.0 Å². The van der Waals surface area contributed by atoms with Crippen LogP contribution < -0.4 is 10.6 Å². The molecule has 0 aliphatic carbocycles. The van der Waals surface area contributed by atoms with E-state index in [0.29, 0.717) is 0 Å². The maximum atomic E-state index is 14.8. The summed E-state index contributed by atoms with van der Waals surface area (Å²) in [5.41, 5.74) is 2.27. The smallest absolute Gasteiger partial charge is 0.296 e. The molecule has 3 aromatic rings. The Hall–Kier alpha value is -2.40. The van der Waals surface area contributed by atoms with Crippen LogP contribution in [0, 0.1) is 0 Å². The van der Waals surface area contributed by atoms with Crippen molar-refractivity contribution in [2.24, 2.45) is 0 Å². The molecule has 0 saturated carbocycles.